The van der Waals surface area contributed by atoms with Crippen LogP contribution in [0.5, 0.6) is 0 Å². The Kier molecular flexibility index (Phi) is 4.99. The molecule has 0 saturated heterocycles. The number of aromatic nitrogens is 1. The Morgan fingerprint density at radius 1 is 0.724 bits per heavy atom. The number of amides is 2. The van der Waals surface area contributed by atoms with Gasteiger partial charge in [0.2, 0.25) is 0 Å². The molecular weight excluding hydrogens is 369 g/mol. The molecule has 142 valence electrons. The van der Waals surface area contributed by atoms with E-state index in [-0.39, 0.29) is 17.6 Å². The summed E-state index contributed by atoms with van der Waals surface area (Å²) >= 11 is 0. The molecule has 3 aromatic carbocycles. The Morgan fingerprint density at radius 2 is 1.34 bits per heavy atom. The van der Waals surface area contributed by atoms with E-state index in [2.05, 4.69) is 15.6 Å². The number of anilines is 2. The monoisotopic (exact) mass is 385 g/mol. The first-order valence-electron chi connectivity index (χ1n) is 8.92. The van der Waals surface area contributed by atoms with Gasteiger partial charge in [0, 0.05) is 28.4 Å². The van der Waals surface area contributed by atoms with Crippen molar-refractivity contribution in [3.05, 3.63) is 102 Å². The van der Waals surface area contributed by atoms with Gasteiger partial charge in [-0.3, -0.25) is 14.6 Å². The number of fused-ring (bicyclic) bond motifs is 1. The molecule has 0 bridgehead atoms. The molecule has 0 saturated carbocycles. The van der Waals surface area contributed by atoms with Crippen molar-refractivity contribution >= 4 is 34.1 Å². The van der Waals surface area contributed by atoms with Gasteiger partial charge in [-0.15, -0.1) is 0 Å². The first kappa shape index (κ1) is 18.3. The van der Waals surface area contributed by atoms with Crippen molar-refractivity contribution in [1.29, 1.82) is 0 Å². The van der Waals surface area contributed by atoms with E-state index in [0.717, 1.165) is 5.39 Å². The topological polar surface area (TPSA) is 71.1 Å². The number of para-hydroxylation sites is 1. The van der Waals surface area contributed by atoms with E-state index in [1.54, 1.807) is 36.5 Å². The van der Waals surface area contributed by atoms with Crippen molar-refractivity contribution in [3.8, 4) is 0 Å². The molecule has 0 aliphatic rings. The average Bonchev–Trinajstić information content (AvgIpc) is 2.75. The van der Waals surface area contributed by atoms with E-state index < -0.39 is 0 Å². The molecule has 2 N–H and O–H groups in total. The Labute approximate surface area is 166 Å². The highest BCUT2D eigenvalue weighted by molar-refractivity contribution is 6.09. The molecule has 0 unspecified atom stereocenters. The van der Waals surface area contributed by atoms with E-state index in [1.165, 1.54) is 24.3 Å². The highest BCUT2D eigenvalue weighted by atomic mass is 19.1. The largest absolute Gasteiger partial charge is 0.322 e. The third kappa shape index (κ3) is 4.11. The number of carbonyl (C=O) groups is 2. The molecule has 0 radical (unpaired) electrons. The second-order valence-corrected chi connectivity index (χ2v) is 6.37. The Bertz CT molecular complexity index is 1180. The standard InChI is InChI=1S/C23H16FN3O2/c24-18-10-12-19(13-11-18)26-22(28)16-6-8-17(9-7-16)23(29)27-20-5-1-3-15-4-2-14-25-21(15)20/h1-14H,(H,26,28)(H,27,29). The summed E-state index contributed by atoms with van der Waals surface area (Å²) in [6.07, 6.45) is 1.67. The smallest absolute Gasteiger partial charge is 0.255 e. The maximum atomic E-state index is 13.0. The summed E-state index contributed by atoms with van der Waals surface area (Å²) in [4.78, 5) is 29.2. The maximum Gasteiger partial charge on any atom is 0.255 e. The first-order valence-corrected chi connectivity index (χ1v) is 8.92. The van der Waals surface area contributed by atoms with E-state index in [4.69, 9.17) is 0 Å². The van der Waals surface area contributed by atoms with Gasteiger partial charge < -0.3 is 10.6 Å². The lowest BCUT2D eigenvalue weighted by Crippen LogP contribution is -2.14. The molecule has 1 aromatic heterocycles. The van der Waals surface area contributed by atoms with Crippen molar-refractivity contribution in [3.63, 3.8) is 0 Å². The summed E-state index contributed by atoms with van der Waals surface area (Å²) in [6.45, 7) is 0. The minimum absolute atomic E-state index is 0.298. The van der Waals surface area contributed by atoms with Crippen LogP contribution >= 0.6 is 0 Å². The third-order valence-corrected chi connectivity index (χ3v) is 4.39. The van der Waals surface area contributed by atoms with Crippen molar-refractivity contribution in [2.75, 3.05) is 10.6 Å². The number of rotatable bonds is 4. The van der Waals surface area contributed by atoms with Gasteiger partial charge in [0.05, 0.1) is 11.2 Å². The number of hydrogen-bond donors (Lipinski definition) is 2. The van der Waals surface area contributed by atoms with Gasteiger partial charge in [0.15, 0.2) is 0 Å². The number of nitrogens with zero attached hydrogens (tertiary/aromatic N) is 1. The average molecular weight is 385 g/mol. The molecule has 6 heteroatoms. The predicted octanol–water partition coefficient (Wildman–Crippen LogP) is 4.88. The second-order valence-electron chi connectivity index (χ2n) is 6.37. The maximum absolute atomic E-state index is 13.0. The molecule has 0 spiro atoms. The van der Waals surface area contributed by atoms with Crippen molar-refractivity contribution < 1.29 is 14.0 Å². The van der Waals surface area contributed by atoms with Crippen LogP contribution in [0.15, 0.2) is 85.1 Å². The van der Waals surface area contributed by atoms with Crippen LogP contribution in [0, 0.1) is 5.82 Å². The molecule has 1 heterocycles. The fourth-order valence-corrected chi connectivity index (χ4v) is 2.91. The number of benzene rings is 3. The molecule has 0 atom stereocenters. The van der Waals surface area contributed by atoms with E-state index >= 15 is 0 Å². The Balaban J connectivity index is 1.47. The highest BCUT2D eigenvalue weighted by Crippen LogP contribution is 2.21. The lowest BCUT2D eigenvalue weighted by Gasteiger charge is -2.09. The van der Waals surface area contributed by atoms with Crippen LogP contribution < -0.4 is 10.6 Å². The lowest BCUT2D eigenvalue weighted by atomic mass is 10.1. The van der Waals surface area contributed by atoms with Gasteiger partial charge in [-0.25, -0.2) is 4.39 Å². The van der Waals surface area contributed by atoms with Gasteiger partial charge >= 0.3 is 0 Å². The molecule has 0 aliphatic carbocycles. The van der Waals surface area contributed by atoms with Crippen LogP contribution in [0.1, 0.15) is 20.7 Å². The minimum atomic E-state index is -0.375. The number of hydrogen-bond acceptors (Lipinski definition) is 3. The summed E-state index contributed by atoms with van der Waals surface area (Å²) in [5, 5.41) is 6.47. The van der Waals surface area contributed by atoms with Gasteiger partial charge in [0.1, 0.15) is 5.82 Å². The Morgan fingerprint density at radius 3 is 2.03 bits per heavy atom. The zero-order valence-corrected chi connectivity index (χ0v) is 15.2. The van der Waals surface area contributed by atoms with Crippen molar-refractivity contribution in [1.82, 2.24) is 4.98 Å². The van der Waals surface area contributed by atoms with Crippen molar-refractivity contribution in [2.24, 2.45) is 0 Å². The van der Waals surface area contributed by atoms with Crippen LogP contribution in [0.25, 0.3) is 10.9 Å². The fraction of sp³-hybridized carbons (Fsp3) is 0. The molecule has 0 aliphatic heterocycles. The van der Waals surface area contributed by atoms with Crippen LogP contribution in [0.2, 0.25) is 0 Å². The fourth-order valence-electron chi connectivity index (χ4n) is 2.91. The molecule has 2 amide bonds. The summed E-state index contributed by atoms with van der Waals surface area (Å²) in [6, 6.07) is 21.1. The second kappa shape index (κ2) is 7.90. The number of halogens is 1. The van der Waals surface area contributed by atoms with Gasteiger partial charge in [-0.2, -0.15) is 0 Å². The molecule has 5 nitrogen and oxygen atoms in total. The summed E-state index contributed by atoms with van der Waals surface area (Å²) in [7, 11) is 0. The first-order chi connectivity index (χ1) is 14.1. The van der Waals surface area contributed by atoms with Gasteiger partial charge in [-0.05, 0) is 60.7 Å². The van der Waals surface area contributed by atoms with Crippen LogP contribution in [-0.2, 0) is 0 Å². The SMILES string of the molecule is O=C(Nc1ccc(F)cc1)c1ccc(C(=O)Nc2cccc3cccnc23)cc1. The zero-order chi connectivity index (χ0) is 20.2. The van der Waals surface area contributed by atoms with Crippen molar-refractivity contribution in [2.45, 2.75) is 0 Å². The molecule has 29 heavy (non-hydrogen) atoms. The van der Waals surface area contributed by atoms with Gasteiger partial charge in [0.25, 0.3) is 11.8 Å². The lowest BCUT2D eigenvalue weighted by molar-refractivity contribution is 0.101. The minimum Gasteiger partial charge on any atom is -0.322 e. The summed E-state index contributed by atoms with van der Waals surface area (Å²) in [5.41, 5.74) is 2.61. The summed E-state index contributed by atoms with van der Waals surface area (Å²) < 4.78 is 13.0. The van der Waals surface area contributed by atoms with Gasteiger partial charge in [-0.1, -0.05) is 18.2 Å². The van der Waals surface area contributed by atoms with Crippen LogP contribution in [0.3, 0.4) is 0 Å². The molecule has 0 fully saturated rings. The predicted molar refractivity (Wildman–Crippen MR) is 110 cm³/mol. The highest BCUT2D eigenvalue weighted by Gasteiger charge is 2.11. The van der Waals surface area contributed by atoms with E-state index in [9.17, 15) is 14.0 Å². The van der Waals surface area contributed by atoms with E-state index in [1.807, 2.05) is 24.3 Å². The molecule has 4 rings (SSSR count). The third-order valence-electron chi connectivity index (χ3n) is 4.39. The van der Waals surface area contributed by atoms with Crippen LogP contribution in [-0.4, -0.2) is 16.8 Å². The number of carbonyl (C=O) groups excluding carboxylic acids is 2. The summed E-state index contributed by atoms with van der Waals surface area (Å²) in [5.74, 6) is -1.02. The zero-order valence-electron chi connectivity index (χ0n) is 15.2. The number of nitrogens with one attached hydrogen (secondary N) is 2. The quantitative estimate of drug-likeness (QED) is 0.526. The molecule has 4 aromatic rings. The number of pyridine rings is 1. The normalized spacial score (nSPS) is 10.5. The molecular formula is C23H16FN3O2. The van der Waals surface area contributed by atoms with E-state index in [0.29, 0.717) is 28.0 Å². The Hall–Kier alpha value is -4.06. The van der Waals surface area contributed by atoms with Crippen LogP contribution in [0.4, 0.5) is 15.8 Å².